The van der Waals surface area contributed by atoms with Gasteiger partial charge >= 0.3 is 29.6 Å². The molecule has 0 amide bonds. The standard InChI is InChI=1S/C22H36N4O3.Na/c1-6-17-14-20(29-13-10-16(2)3)18(27)15-19(17)28-12-9-7-8-11-22(4,5)21-23-25-26-24-21;/h14-16,27H,6-13H2,1-5H3,(H,23,24,25,26);/q;+1. The zero-order chi connectivity index (χ0) is 21.3. The molecule has 0 aliphatic carbocycles. The Morgan fingerprint density at radius 3 is 2.43 bits per heavy atom. The van der Waals surface area contributed by atoms with Crippen LogP contribution in [-0.4, -0.2) is 38.9 Å². The van der Waals surface area contributed by atoms with Crippen molar-refractivity contribution in [1.29, 1.82) is 0 Å². The summed E-state index contributed by atoms with van der Waals surface area (Å²) in [6.45, 7) is 11.9. The number of phenolic OH excluding ortho intramolecular Hbond substituents is 1. The minimum Gasteiger partial charge on any atom is -0.504 e. The van der Waals surface area contributed by atoms with Gasteiger partial charge in [-0.25, -0.2) is 0 Å². The van der Waals surface area contributed by atoms with Gasteiger partial charge in [0, 0.05) is 11.5 Å². The van der Waals surface area contributed by atoms with Crippen LogP contribution in [0, 0.1) is 5.92 Å². The van der Waals surface area contributed by atoms with Crippen LogP contribution in [0.3, 0.4) is 0 Å². The average Bonchev–Trinajstić information content (AvgIpc) is 3.21. The number of unbranched alkanes of at least 4 members (excludes halogenated alkanes) is 2. The summed E-state index contributed by atoms with van der Waals surface area (Å²) < 4.78 is 11.7. The van der Waals surface area contributed by atoms with Crippen molar-refractivity contribution in [3.63, 3.8) is 0 Å². The molecule has 0 unspecified atom stereocenters. The van der Waals surface area contributed by atoms with Gasteiger partial charge in [0.15, 0.2) is 17.3 Å². The minimum absolute atomic E-state index is 0. The fourth-order valence-corrected chi connectivity index (χ4v) is 3.11. The molecule has 0 aliphatic heterocycles. The van der Waals surface area contributed by atoms with Crippen LogP contribution in [0.4, 0.5) is 0 Å². The van der Waals surface area contributed by atoms with Gasteiger partial charge in [0.2, 0.25) is 0 Å². The van der Waals surface area contributed by atoms with E-state index in [2.05, 4.69) is 55.2 Å². The Bertz CT molecular complexity index is 736. The first kappa shape index (κ1) is 26.7. The van der Waals surface area contributed by atoms with Gasteiger partial charge in [-0.05, 0) is 43.2 Å². The zero-order valence-corrected chi connectivity index (χ0v) is 21.5. The molecule has 0 saturated carbocycles. The molecule has 162 valence electrons. The van der Waals surface area contributed by atoms with E-state index in [1.54, 1.807) is 6.07 Å². The third-order valence-electron chi connectivity index (χ3n) is 5.13. The topological polar surface area (TPSA) is 93.1 Å². The third-order valence-corrected chi connectivity index (χ3v) is 5.13. The molecular weight excluding hydrogens is 391 g/mol. The Kier molecular flexibility index (Phi) is 11.7. The van der Waals surface area contributed by atoms with Gasteiger partial charge in [-0.15, -0.1) is 10.2 Å². The number of nitrogens with one attached hydrogen (secondary N) is 1. The first-order valence-electron chi connectivity index (χ1n) is 10.7. The van der Waals surface area contributed by atoms with Gasteiger partial charge in [-0.3, -0.25) is 0 Å². The Morgan fingerprint density at radius 2 is 1.80 bits per heavy atom. The summed E-state index contributed by atoms with van der Waals surface area (Å²) in [5.74, 6) is 2.76. The number of phenols is 1. The second-order valence-electron chi connectivity index (χ2n) is 8.59. The van der Waals surface area contributed by atoms with Crippen molar-refractivity contribution in [2.45, 2.75) is 78.6 Å². The molecule has 0 fully saturated rings. The molecule has 0 spiro atoms. The van der Waals surface area contributed by atoms with E-state index in [1.807, 2.05) is 6.07 Å². The maximum Gasteiger partial charge on any atom is 1.00 e. The summed E-state index contributed by atoms with van der Waals surface area (Å²) in [6, 6.07) is 3.58. The largest absolute Gasteiger partial charge is 1.00 e. The van der Waals surface area contributed by atoms with Gasteiger partial charge in [-0.2, -0.15) is 5.21 Å². The quantitative estimate of drug-likeness (QED) is 0.374. The second-order valence-corrected chi connectivity index (χ2v) is 8.59. The van der Waals surface area contributed by atoms with Gasteiger partial charge in [-0.1, -0.05) is 52.7 Å². The van der Waals surface area contributed by atoms with Gasteiger partial charge < -0.3 is 14.6 Å². The van der Waals surface area contributed by atoms with Gasteiger partial charge in [0.1, 0.15) is 5.75 Å². The van der Waals surface area contributed by atoms with E-state index in [1.165, 1.54) is 0 Å². The molecule has 7 nitrogen and oxygen atoms in total. The number of aromatic amines is 1. The summed E-state index contributed by atoms with van der Waals surface area (Å²) in [5, 5.41) is 24.6. The van der Waals surface area contributed by atoms with E-state index in [9.17, 15) is 5.11 Å². The number of hydrogen-bond donors (Lipinski definition) is 2. The molecule has 0 aliphatic rings. The molecule has 0 atom stereocenters. The van der Waals surface area contributed by atoms with Crippen LogP contribution in [0.25, 0.3) is 0 Å². The van der Waals surface area contributed by atoms with E-state index in [0.29, 0.717) is 24.9 Å². The number of H-pyrrole nitrogens is 1. The normalized spacial score (nSPS) is 11.4. The molecule has 2 aromatic rings. The molecule has 1 aromatic heterocycles. The predicted molar refractivity (Wildman–Crippen MR) is 114 cm³/mol. The Hall–Kier alpha value is -1.31. The van der Waals surface area contributed by atoms with Crippen LogP contribution >= 0.6 is 0 Å². The van der Waals surface area contributed by atoms with E-state index >= 15 is 0 Å². The van der Waals surface area contributed by atoms with Crippen molar-refractivity contribution in [2.75, 3.05) is 13.2 Å². The number of rotatable bonds is 13. The van der Waals surface area contributed by atoms with Crippen molar-refractivity contribution >= 4 is 0 Å². The van der Waals surface area contributed by atoms with E-state index in [-0.39, 0.29) is 40.7 Å². The van der Waals surface area contributed by atoms with Crippen LogP contribution in [0.15, 0.2) is 12.1 Å². The number of benzene rings is 1. The molecule has 1 heterocycles. The molecule has 0 saturated heterocycles. The number of aromatic hydroxyl groups is 1. The molecule has 0 radical (unpaired) electrons. The van der Waals surface area contributed by atoms with Crippen LogP contribution in [0.2, 0.25) is 0 Å². The third kappa shape index (κ3) is 8.44. The number of hydrogen-bond acceptors (Lipinski definition) is 6. The number of aryl methyl sites for hydroxylation is 1. The Morgan fingerprint density at radius 1 is 1.07 bits per heavy atom. The van der Waals surface area contributed by atoms with Crippen molar-refractivity contribution in [3.8, 4) is 17.2 Å². The number of aromatic nitrogens is 4. The number of ether oxygens (including phenoxy) is 2. The summed E-state index contributed by atoms with van der Waals surface area (Å²) in [7, 11) is 0. The first-order valence-corrected chi connectivity index (χ1v) is 10.7. The fourth-order valence-electron chi connectivity index (χ4n) is 3.11. The van der Waals surface area contributed by atoms with E-state index in [0.717, 1.165) is 55.7 Å². The zero-order valence-electron chi connectivity index (χ0n) is 19.5. The molecule has 8 heteroatoms. The van der Waals surface area contributed by atoms with Crippen molar-refractivity contribution in [1.82, 2.24) is 20.6 Å². The molecule has 1 aromatic carbocycles. The van der Waals surface area contributed by atoms with Crippen molar-refractivity contribution in [3.05, 3.63) is 23.5 Å². The monoisotopic (exact) mass is 427 g/mol. The van der Waals surface area contributed by atoms with Gasteiger partial charge in [0.05, 0.1) is 13.2 Å². The molecule has 0 bridgehead atoms. The minimum atomic E-state index is -0.0829. The maximum absolute atomic E-state index is 10.3. The van der Waals surface area contributed by atoms with E-state index in [4.69, 9.17) is 9.47 Å². The SMILES string of the molecule is CCc1cc(OCCC(C)C)c(O)cc1OCCCCCC(C)(C)c1nn[nH]n1.[Na+]. The van der Waals surface area contributed by atoms with Crippen molar-refractivity contribution in [2.24, 2.45) is 5.92 Å². The molecule has 2 rings (SSSR count). The summed E-state index contributed by atoms with van der Waals surface area (Å²) in [4.78, 5) is 0. The van der Waals surface area contributed by atoms with Crippen LogP contribution in [0.1, 0.15) is 78.1 Å². The smallest absolute Gasteiger partial charge is 0.504 e. The van der Waals surface area contributed by atoms with Crippen LogP contribution in [0.5, 0.6) is 17.2 Å². The fraction of sp³-hybridized carbons (Fsp3) is 0.682. The Labute approximate surface area is 202 Å². The maximum atomic E-state index is 10.3. The van der Waals surface area contributed by atoms with Crippen LogP contribution < -0.4 is 39.0 Å². The summed E-state index contributed by atoms with van der Waals surface area (Å²) in [5.41, 5.74) is 0.973. The number of nitrogens with zero attached hydrogens (tertiary/aromatic N) is 3. The second kappa shape index (κ2) is 13.2. The Balaban J connectivity index is 0.00000450. The average molecular weight is 428 g/mol. The summed E-state index contributed by atoms with van der Waals surface area (Å²) >= 11 is 0. The molecular formula is C22H36N4NaO3+. The molecule has 2 N–H and O–H groups in total. The summed E-state index contributed by atoms with van der Waals surface area (Å²) in [6.07, 6.45) is 5.87. The van der Waals surface area contributed by atoms with E-state index < -0.39 is 0 Å². The van der Waals surface area contributed by atoms with Crippen LogP contribution in [-0.2, 0) is 11.8 Å². The van der Waals surface area contributed by atoms with Crippen molar-refractivity contribution < 1.29 is 44.1 Å². The number of tetrazole rings is 1. The predicted octanol–water partition coefficient (Wildman–Crippen LogP) is 1.81. The molecule has 30 heavy (non-hydrogen) atoms. The first-order chi connectivity index (χ1) is 13.8. The van der Waals surface area contributed by atoms with Gasteiger partial charge in [0.25, 0.3) is 0 Å².